The lowest BCUT2D eigenvalue weighted by molar-refractivity contribution is -0.127. The van der Waals surface area contributed by atoms with Crippen LogP contribution in [-0.2, 0) is 17.1 Å². The van der Waals surface area contributed by atoms with E-state index in [2.05, 4.69) is 8.75 Å². The van der Waals surface area contributed by atoms with Gasteiger partial charge >= 0.3 is 0 Å². The van der Waals surface area contributed by atoms with Gasteiger partial charge < -0.3 is 4.90 Å². The lowest BCUT2D eigenvalue weighted by Gasteiger charge is -2.16. The second-order valence-electron chi connectivity index (χ2n) is 4.52. The van der Waals surface area contributed by atoms with E-state index in [1.807, 2.05) is 44.3 Å². The minimum atomic E-state index is 0.139. The molecule has 0 bridgehead atoms. The van der Waals surface area contributed by atoms with E-state index in [0.29, 0.717) is 12.3 Å². The quantitative estimate of drug-likeness (QED) is 0.823. The Morgan fingerprint density at radius 1 is 1.30 bits per heavy atom. The van der Waals surface area contributed by atoms with Crippen molar-refractivity contribution in [2.24, 2.45) is 0 Å². The van der Waals surface area contributed by atoms with E-state index in [9.17, 15) is 4.79 Å². The minimum absolute atomic E-state index is 0.139. The Kier molecular flexibility index (Phi) is 5.55. The maximum Gasteiger partial charge on any atom is 0.232 e. The number of hydrogen-bond donors (Lipinski definition) is 0. The van der Waals surface area contributed by atoms with E-state index in [4.69, 9.17) is 0 Å². The highest BCUT2D eigenvalue weighted by Gasteiger charge is 2.10. The molecule has 0 spiro atoms. The van der Waals surface area contributed by atoms with Crippen molar-refractivity contribution in [3.05, 3.63) is 47.3 Å². The number of benzene rings is 1. The third-order valence-corrected chi connectivity index (χ3v) is 4.49. The van der Waals surface area contributed by atoms with Crippen molar-refractivity contribution in [1.29, 1.82) is 0 Å². The summed E-state index contributed by atoms with van der Waals surface area (Å²) in [7, 11) is 1.84. The first-order valence-corrected chi connectivity index (χ1v) is 8.19. The number of nitrogens with zero attached hydrogens (tertiary/aromatic N) is 3. The molecule has 2 aromatic rings. The topological polar surface area (TPSA) is 46.1 Å². The molecule has 0 atom stereocenters. The third kappa shape index (κ3) is 4.31. The van der Waals surface area contributed by atoms with Crippen LogP contribution in [0.15, 0.2) is 30.3 Å². The van der Waals surface area contributed by atoms with Gasteiger partial charge in [0.2, 0.25) is 5.91 Å². The average Bonchev–Trinajstić information content (AvgIpc) is 2.85. The largest absolute Gasteiger partial charge is 0.341 e. The summed E-state index contributed by atoms with van der Waals surface area (Å²) in [5.41, 5.74) is 3.10. The number of aryl methyl sites for hydroxylation is 1. The van der Waals surface area contributed by atoms with Crippen LogP contribution >= 0.6 is 23.5 Å². The number of carbonyl (C=O) groups excluding carboxylic acids is 1. The van der Waals surface area contributed by atoms with Crippen LogP contribution in [0.25, 0.3) is 0 Å². The van der Waals surface area contributed by atoms with Crippen molar-refractivity contribution in [1.82, 2.24) is 13.6 Å². The number of amides is 1. The molecule has 1 amide bonds. The Balaban J connectivity index is 1.76. The normalized spacial score (nSPS) is 10.5. The maximum absolute atomic E-state index is 12.0. The third-order valence-electron chi connectivity index (χ3n) is 2.90. The van der Waals surface area contributed by atoms with Crippen LogP contribution in [0.4, 0.5) is 0 Å². The molecule has 2 rings (SSSR count). The number of aromatic nitrogens is 2. The molecule has 0 N–H and O–H groups in total. The van der Waals surface area contributed by atoms with Gasteiger partial charge in [-0.05, 0) is 12.5 Å². The van der Waals surface area contributed by atoms with Crippen molar-refractivity contribution in [2.45, 2.75) is 19.2 Å². The van der Waals surface area contributed by atoms with Gasteiger partial charge in [-0.1, -0.05) is 30.3 Å². The molecule has 0 aliphatic rings. The summed E-state index contributed by atoms with van der Waals surface area (Å²) >= 11 is 2.81. The summed E-state index contributed by atoms with van der Waals surface area (Å²) in [6, 6.07) is 10.0. The maximum atomic E-state index is 12.0. The second-order valence-corrected chi connectivity index (χ2v) is 6.04. The molecule has 0 saturated heterocycles. The molecule has 106 valence electrons. The average molecular weight is 307 g/mol. The van der Waals surface area contributed by atoms with Crippen LogP contribution in [0.3, 0.4) is 0 Å². The SMILES string of the molecule is Cc1nsnc1CSCC(=O)N(C)Cc1ccccc1. The van der Waals surface area contributed by atoms with Crippen LogP contribution in [0, 0.1) is 6.92 Å². The summed E-state index contributed by atoms with van der Waals surface area (Å²) in [4.78, 5) is 13.8. The second kappa shape index (κ2) is 7.40. The predicted octanol–water partition coefficient (Wildman–Crippen LogP) is 2.74. The van der Waals surface area contributed by atoms with E-state index >= 15 is 0 Å². The van der Waals surface area contributed by atoms with E-state index in [0.717, 1.165) is 22.7 Å². The highest BCUT2D eigenvalue weighted by atomic mass is 32.2. The van der Waals surface area contributed by atoms with E-state index in [1.165, 1.54) is 11.7 Å². The zero-order valence-corrected chi connectivity index (χ0v) is 13.2. The fourth-order valence-corrected chi connectivity index (χ4v) is 3.28. The predicted molar refractivity (Wildman–Crippen MR) is 83.7 cm³/mol. The van der Waals surface area contributed by atoms with Crippen molar-refractivity contribution in [3.8, 4) is 0 Å². The molecule has 20 heavy (non-hydrogen) atoms. The zero-order valence-electron chi connectivity index (χ0n) is 11.6. The molecule has 0 aliphatic carbocycles. The van der Waals surface area contributed by atoms with Gasteiger partial charge in [0.05, 0.1) is 28.9 Å². The van der Waals surface area contributed by atoms with Gasteiger partial charge in [0.15, 0.2) is 0 Å². The molecule has 0 saturated carbocycles. The van der Waals surface area contributed by atoms with Crippen LogP contribution in [0.2, 0.25) is 0 Å². The van der Waals surface area contributed by atoms with Gasteiger partial charge in [-0.2, -0.15) is 8.75 Å². The zero-order chi connectivity index (χ0) is 14.4. The number of rotatable bonds is 6. The lowest BCUT2D eigenvalue weighted by atomic mass is 10.2. The van der Waals surface area contributed by atoms with Gasteiger partial charge in [0, 0.05) is 19.3 Å². The summed E-state index contributed by atoms with van der Waals surface area (Å²) in [6.07, 6.45) is 0. The Bertz CT molecular complexity index is 557. The molecular weight excluding hydrogens is 290 g/mol. The van der Waals surface area contributed by atoms with Crippen LogP contribution in [0.1, 0.15) is 17.0 Å². The Hall–Kier alpha value is -1.40. The van der Waals surface area contributed by atoms with Gasteiger partial charge in [0.1, 0.15) is 0 Å². The van der Waals surface area contributed by atoms with Crippen molar-refractivity contribution in [2.75, 3.05) is 12.8 Å². The summed E-state index contributed by atoms with van der Waals surface area (Å²) in [6.45, 7) is 2.60. The first-order valence-electron chi connectivity index (χ1n) is 6.30. The molecule has 1 aromatic heterocycles. The molecule has 0 unspecified atom stereocenters. The Morgan fingerprint density at radius 3 is 2.70 bits per heavy atom. The summed E-state index contributed by atoms with van der Waals surface area (Å²) in [5.74, 6) is 1.35. The molecule has 0 radical (unpaired) electrons. The van der Waals surface area contributed by atoms with Gasteiger partial charge in [-0.15, -0.1) is 11.8 Å². The van der Waals surface area contributed by atoms with Gasteiger partial charge in [-0.25, -0.2) is 0 Å². The van der Waals surface area contributed by atoms with Crippen molar-refractivity contribution >= 4 is 29.4 Å². The monoisotopic (exact) mass is 307 g/mol. The highest BCUT2D eigenvalue weighted by Crippen LogP contribution is 2.15. The van der Waals surface area contributed by atoms with Crippen LogP contribution < -0.4 is 0 Å². The molecule has 0 fully saturated rings. The first kappa shape index (κ1) is 15.0. The fourth-order valence-electron chi connectivity index (χ4n) is 1.67. The lowest BCUT2D eigenvalue weighted by Crippen LogP contribution is -2.27. The van der Waals surface area contributed by atoms with Gasteiger partial charge in [0.25, 0.3) is 0 Å². The van der Waals surface area contributed by atoms with E-state index < -0.39 is 0 Å². The molecular formula is C14H17N3OS2. The van der Waals surface area contributed by atoms with Crippen molar-refractivity contribution in [3.63, 3.8) is 0 Å². The molecule has 6 heteroatoms. The molecule has 0 aliphatic heterocycles. The fraction of sp³-hybridized carbons (Fsp3) is 0.357. The minimum Gasteiger partial charge on any atom is -0.341 e. The van der Waals surface area contributed by atoms with Crippen LogP contribution in [-0.4, -0.2) is 32.4 Å². The van der Waals surface area contributed by atoms with Gasteiger partial charge in [-0.3, -0.25) is 4.79 Å². The number of hydrogen-bond acceptors (Lipinski definition) is 5. The smallest absolute Gasteiger partial charge is 0.232 e. The van der Waals surface area contributed by atoms with Crippen molar-refractivity contribution < 1.29 is 4.79 Å². The Morgan fingerprint density at radius 2 is 2.05 bits per heavy atom. The standard InChI is InChI=1S/C14H17N3OS2/c1-11-13(16-20-15-11)9-19-10-14(18)17(2)8-12-6-4-3-5-7-12/h3-7H,8-10H2,1-2H3. The molecule has 1 aromatic carbocycles. The first-order chi connectivity index (χ1) is 9.66. The van der Waals surface area contributed by atoms with E-state index in [-0.39, 0.29) is 5.91 Å². The molecule has 4 nitrogen and oxygen atoms in total. The van der Waals surface area contributed by atoms with Crippen LogP contribution in [0.5, 0.6) is 0 Å². The molecule has 1 heterocycles. The number of thioether (sulfide) groups is 1. The highest BCUT2D eigenvalue weighted by molar-refractivity contribution is 7.99. The summed E-state index contributed by atoms with van der Waals surface area (Å²) in [5, 5.41) is 0. The Labute approximate surface area is 127 Å². The summed E-state index contributed by atoms with van der Waals surface area (Å²) < 4.78 is 8.34. The number of carbonyl (C=O) groups is 1. The van der Waals surface area contributed by atoms with E-state index in [1.54, 1.807) is 16.7 Å².